The third kappa shape index (κ3) is 3.45. The van der Waals surface area contributed by atoms with Gasteiger partial charge < -0.3 is 10.3 Å². The average Bonchev–Trinajstić information content (AvgIpc) is 2.91. The smallest absolute Gasteiger partial charge is 0.231 e. The second kappa shape index (κ2) is 5.75. The predicted molar refractivity (Wildman–Crippen MR) is 77.2 cm³/mol. The van der Waals surface area contributed by atoms with Crippen LogP contribution in [0.15, 0.2) is 53.1 Å². The van der Waals surface area contributed by atoms with Crippen molar-refractivity contribution in [1.82, 2.24) is 10.1 Å². The molecule has 2 N–H and O–H groups in total. The number of rotatable bonds is 4. The molecule has 0 saturated carbocycles. The van der Waals surface area contributed by atoms with Crippen LogP contribution in [0.25, 0.3) is 0 Å². The number of nitrogens with zero attached hydrogens (tertiary/aromatic N) is 2. The zero-order valence-electron chi connectivity index (χ0n) is 11.3. The van der Waals surface area contributed by atoms with Gasteiger partial charge in [-0.3, -0.25) is 0 Å². The minimum absolute atomic E-state index is 0.254. The van der Waals surface area contributed by atoms with Gasteiger partial charge in [-0.15, -0.1) is 0 Å². The van der Waals surface area contributed by atoms with Gasteiger partial charge in [0.1, 0.15) is 5.82 Å². The summed E-state index contributed by atoms with van der Waals surface area (Å²) in [6.45, 7) is 0. The summed E-state index contributed by atoms with van der Waals surface area (Å²) in [6.07, 6.45) is 1.09. The third-order valence-electron chi connectivity index (χ3n) is 3.12. The largest absolute Gasteiger partial charge is 0.399 e. The molecule has 0 amide bonds. The molecule has 0 bridgehead atoms. The van der Waals surface area contributed by atoms with Crippen LogP contribution in [0.5, 0.6) is 0 Å². The van der Waals surface area contributed by atoms with Gasteiger partial charge in [0.15, 0.2) is 5.82 Å². The predicted octanol–water partition coefficient (Wildman–Crippen LogP) is 2.97. The van der Waals surface area contributed by atoms with E-state index in [9.17, 15) is 4.39 Å². The molecule has 0 unspecified atom stereocenters. The number of nitrogen functional groups attached to an aromatic ring is 1. The van der Waals surface area contributed by atoms with Crippen molar-refractivity contribution in [2.75, 3.05) is 5.73 Å². The number of hydrogen-bond acceptors (Lipinski definition) is 4. The molecule has 0 atom stereocenters. The fourth-order valence-corrected chi connectivity index (χ4v) is 2.03. The molecule has 0 aliphatic rings. The molecule has 3 rings (SSSR count). The van der Waals surface area contributed by atoms with Crippen LogP contribution in [0.2, 0.25) is 0 Å². The first-order valence-corrected chi connectivity index (χ1v) is 6.59. The zero-order chi connectivity index (χ0) is 14.7. The maximum atomic E-state index is 12.8. The van der Waals surface area contributed by atoms with Crippen molar-refractivity contribution in [3.8, 4) is 0 Å². The van der Waals surface area contributed by atoms with Gasteiger partial charge >= 0.3 is 0 Å². The summed E-state index contributed by atoms with van der Waals surface area (Å²) >= 11 is 0. The molecule has 0 fully saturated rings. The Labute approximate surface area is 121 Å². The van der Waals surface area contributed by atoms with Crippen LogP contribution in [-0.2, 0) is 12.8 Å². The van der Waals surface area contributed by atoms with Gasteiger partial charge in [0.05, 0.1) is 6.42 Å². The molecule has 0 radical (unpaired) electrons. The van der Waals surface area contributed by atoms with E-state index in [-0.39, 0.29) is 5.82 Å². The van der Waals surface area contributed by atoms with Crippen molar-refractivity contribution in [3.05, 3.63) is 77.2 Å². The van der Waals surface area contributed by atoms with E-state index in [1.54, 1.807) is 12.1 Å². The Balaban J connectivity index is 1.68. The second-order valence-electron chi connectivity index (χ2n) is 4.83. The standard InChI is InChI=1S/C16H14FN3O/c17-13-5-1-11(2-6-13)9-15-19-16(21-20-15)10-12-3-7-14(18)8-4-12/h1-8H,9-10,18H2. The highest BCUT2D eigenvalue weighted by molar-refractivity contribution is 5.39. The molecule has 3 aromatic rings. The number of hydrogen-bond donors (Lipinski definition) is 1. The van der Waals surface area contributed by atoms with Crippen molar-refractivity contribution in [3.63, 3.8) is 0 Å². The Hall–Kier alpha value is -2.69. The van der Waals surface area contributed by atoms with Crippen LogP contribution >= 0.6 is 0 Å². The molecule has 2 aromatic carbocycles. The lowest BCUT2D eigenvalue weighted by molar-refractivity contribution is 0.380. The van der Waals surface area contributed by atoms with Gasteiger partial charge in [0.25, 0.3) is 0 Å². The summed E-state index contributed by atoms with van der Waals surface area (Å²) in [5, 5.41) is 3.94. The SMILES string of the molecule is Nc1ccc(Cc2nc(Cc3ccc(F)cc3)no2)cc1. The van der Waals surface area contributed by atoms with E-state index in [4.69, 9.17) is 10.3 Å². The van der Waals surface area contributed by atoms with E-state index in [0.717, 1.165) is 16.8 Å². The lowest BCUT2D eigenvalue weighted by Crippen LogP contribution is -1.93. The van der Waals surface area contributed by atoms with Crippen LogP contribution in [0.4, 0.5) is 10.1 Å². The second-order valence-corrected chi connectivity index (χ2v) is 4.83. The molecule has 0 aliphatic carbocycles. The fraction of sp³-hybridized carbons (Fsp3) is 0.125. The lowest BCUT2D eigenvalue weighted by atomic mass is 10.1. The molecule has 106 valence electrons. The molecule has 21 heavy (non-hydrogen) atoms. The molecule has 4 nitrogen and oxygen atoms in total. The number of nitrogens with two attached hydrogens (primary N) is 1. The normalized spacial score (nSPS) is 10.7. The van der Waals surface area contributed by atoms with Crippen molar-refractivity contribution >= 4 is 5.69 Å². The molecule has 5 heteroatoms. The molecule has 0 aliphatic heterocycles. The monoisotopic (exact) mass is 283 g/mol. The van der Waals surface area contributed by atoms with Crippen LogP contribution in [0, 0.1) is 5.82 Å². The van der Waals surface area contributed by atoms with Crippen molar-refractivity contribution in [1.29, 1.82) is 0 Å². The minimum atomic E-state index is -0.254. The molecule has 1 aromatic heterocycles. The number of halogens is 1. The number of aromatic nitrogens is 2. The van der Waals surface area contributed by atoms with Crippen LogP contribution in [0.1, 0.15) is 22.8 Å². The Morgan fingerprint density at radius 3 is 2.24 bits per heavy atom. The molecule has 1 heterocycles. The highest BCUT2D eigenvalue weighted by atomic mass is 19.1. The maximum Gasteiger partial charge on any atom is 0.231 e. The van der Waals surface area contributed by atoms with Crippen LogP contribution in [-0.4, -0.2) is 10.1 Å². The number of benzene rings is 2. The summed E-state index contributed by atoms with van der Waals surface area (Å²) in [5.41, 5.74) is 8.36. The van der Waals surface area contributed by atoms with E-state index in [1.165, 1.54) is 12.1 Å². The molecule has 0 saturated heterocycles. The fourth-order valence-electron chi connectivity index (χ4n) is 2.03. The molecular weight excluding hydrogens is 269 g/mol. The summed E-state index contributed by atoms with van der Waals surface area (Å²) in [7, 11) is 0. The molecular formula is C16H14FN3O. The topological polar surface area (TPSA) is 64.9 Å². The van der Waals surface area contributed by atoms with Crippen molar-refractivity contribution < 1.29 is 8.91 Å². The highest BCUT2D eigenvalue weighted by Gasteiger charge is 2.08. The summed E-state index contributed by atoms with van der Waals surface area (Å²) in [6, 6.07) is 13.8. The van der Waals surface area contributed by atoms with Crippen LogP contribution < -0.4 is 5.73 Å². The minimum Gasteiger partial charge on any atom is -0.399 e. The van der Waals surface area contributed by atoms with Gasteiger partial charge in [0.2, 0.25) is 5.89 Å². The Morgan fingerprint density at radius 2 is 1.52 bits per heavy atom. The Bertz CT molecular complexity index is 658. The summed E-state index contributed by atoms with van der Waals surface area (Å²) < 4.78 is 18.1. The van der Waals surface area contributed by atoms with E-state index >= 15 is 0 Å². The van der Waals surface area contributed by atoms with Gasteiger partial charge in [-0.05, 0) is 35.4 Å². The van der Waals surface area contributed by atoms with Crippen molar-refractivity contribution in [2.24, 2.45) is 0 Å². The van der Waals surface area contributed by atoms with Crippen molar-refractivity contribution in [2.45, 2.75) is 12.8 Å². The first-order chi connectivity index (χ1) is 10.2. The first kappa shape index (κ1) is 13.3. The zero-order valence-corrected chi connectivity index (χ0v) is 11.3. The Morgan fingerprint density at radius 1 is 0.905 bits per heavy atom. The molecule has 0 spiro atoms. The van der Waals surface area contributed by atoms with Gasteiger partial charge in [-0.1, -0.05) is 29.4 Å². The van der Waals surface area contributed by atoms with Gasteiger partial charge in [-0.25, -0.2) is 4.39 Å². The third-order valence-corrected chi connectivity index (χ3v) is 3.12. The Kier molecular flexibility index (Phi) is 3.64. The summed E-state index contributed by atoms with van der Waals surface area (Å²) in [4.78, 5) is 4.34. The van der Waals surface area contributed by atoms with E-state index in [2.05, 4.69) is 10.1 Å². The number of anilines is 1. The average molecular weight is 283 g/mol. The summed E-state index contributed by atoms with van der Waals surface area (Å²) in [5.74, 6) is 0.889. The quantitative estimate of drug-likeness (QED) is 0.748. The highest BCUT2D eigenvalue weighted by Crippen LogP contribution is 2.12. The maximum absolute atomic E-state index is 12.8. The first-order valence-electron chi connectivity index (χ1n) is 6.59. The van der Waals surface area contributed by atoms with E-state index < -0.39 is 0 Å². The van der Waals surface area contributed by atoms with Gasteiger partial charge in [-0.2, -0.15) is 4.98 Å². The van der Waals surface area contributed by atoms with Gasteiger partial charge in [0, 0.05) is 12.1 Å². The van der Waals surface area contributed by atoms with E-state index in [1.807, 2.05) is 24.3 Å². The lowest BCUT2D eigenvalue weighted by Gasteiger charge is -1.97. The van der Waals surface area contributed by atoms with E-state index in [0.29, 0.717) is 24.6 Å². The van der Waals surface area contributed by atoms with Crippen LogP contribution in [0.3, 0.4) is 0 Å².